The summed E-state index contributed by atoms with van der Waals surface area (Å²) in [7, 11) is 1.38. The molecule has 1 aromatic carbocycles. The van der Waals surface area contributed by atoms with Crippen molar-refractivity contribution in [3.63, 3.8) is 0 Å². The van der Waals surface area contributed by atoms with E-state index in [9.17, 15) is 13.6 Å². The highest BCUT2D eigenvalue weighted by molar-refractivity contribution is 5.90. The van der Waals surface area contributed by atoms with Gasteiger partial charge in [0.25, 0.3) is 5.91 Å². The number of carbonyl (C=O) groups is 1. The Hall–Kier alpha value is -3.01. The maximum Gasteiger partial charge on any atom is 0.267 e. The van der Waals surface area contributed by atoms with E-state index in [0.29, 0.717) is 25.0 Å². The molecule has 162 valence electrons. The van der Waals surface area contributed by atoms with Gasteiger partial charge >= 0.3 is 0 Å². The van der Waals surface area contributed by atoms with Gasteiger partial charge in [-0.1, -0.05) is 0 Å². The molecule has 10 heteroatoms. The lowest BCUT2D eigenvalue weighted by molar-refractivity contribution is 0.0995. The van der Waals surface area contributed by atoms with Gasteiger partial charge in [-0.2, -0.15) is 0 Å². The van der Waals surface area contributed by atoms with Gasteiger partial charge in [-0.25, -0.2) is 18.7 Å². The van der Waals surface area contributed by atoms with Crippen LogP contribution in [0.3, 0.4) is 0 Å². The van der Waals surface area contributed by atoms with Gasteiger partial charge in [0.05, 0.1) is 13.7 Å². The molecule has 30 heavy (non-hydrogen) atoms. The number of hydrogen-bond donors (Lipinski definition) is 3. The van der Waals surface area contributed by atoms with Crippen LogP contribution in [0.5, 0.6) is 11.5 Å². The van der Waals surface area contributed by atoms with E-state index in [1.165, 1.54) is 19.4 Å². The molecule has 3 rings (SSSR count). The Labute approximate surface area is 173 Å². The number of aromatic nitrogens is 2. The number of nitrogens with two attached hydrogens (primary N) is 1. The van der Waals surface area contributed by atoms with E-state index in [4.69, 9.17) is 15.2 Å². The standard InChI is InChI=1S/C20H25F2N5O3/c1-29-17-8-14(21)15(22)9-18(17)30-11-13-2-5-24-10-12(13)3-6-25-20-26-7-4-16(27-20)19(23)28/h4,7-9,12-13,24H,2-3,5-6,10-11H2,1H3,(H2,23,28)(H,25,26,27). The average molecular weight is 421 g/mol. The molecule has 8 nitrogen and oxygen atoms in total. The molecule has 1 saturated heterocycles. The van der Waals surface area contributed by atoms with Gasteiger partial charge in [-0.15, -0.1) is 0 Å². The molecule has 0 spiro atoms. The van der Waals surface area contributed by atoms with Crippen molar-refractivity contribution >= 4 is 11.9 Å². The smallest absolute Gasteiger partial charge is 0.267 e. The Balaban J connectivity index is 1.56. The quantitative estimate of drug-likeness (QED) is 0.568. The molecule has 2 unspecified atom stereocenters. The van der Waals surface area contributed by atoms with Crippen LogP contribution < -0.4 is 25.8 Å². The molecule has 4 N–H and O–H groups in total. The topological polar surface area (TPSA) is 111 Å². The van der Waals surface area contributed by atoms with Crippen LogP contribution in [0.25, 0.3) is 0 Å². The molecule has 1 aromatic heterocycles. The molecule has 2 aromatic rings. The zero-order valence-electron chi connectivity index (χ0n) is 16.7. The second-order valence-corrected chi connectivity index (χ2v) is 7.09. The number of ether oxygens (including phenoxy) is 2. The minimum Gasteiger partial charge on any atom is -0.493 e. The molecule has 0 saturated carbocycles. The molecule has 2 atom stereocenters. The SMILES string of the molecule is COc1cc(F)c(F)cc1OCC1CCNCC1CCNc1nccc(C(N)=O)n1. The molecule has 1 aliphatic rings. The molecule has 0 bridgehead atoms. The Morgan fingerprint density at radius 1 is 1.30 bits per heavy atom. The van der Waals surface area contributed by atoms with Crippen molar-refractivity contribution < 1.29 is 23.0 Å². The largest absolute Gasteiger partial charge is 0.493 e. The monoisotopic (exact) mass is 421 g/mol. The zero-order valence-corrected chi connectivity index (χ0v) is 16.7. The number of nitrogens with one attached hydrogen (secondary N) is 2. The zero-order chi connectivity index (χ0) is 21.5. The van der Waals surface area contributed by atoms with E-state index in [-0.39, 0.29) is 23.1 Å². The van der Waals surface area contributed by atoms with Crippen molar-refractivity contribution in [3.05, 3.63) is 41.7 Å². The van der Waals surface area contributed by atoms with Crippen molar-refractivity contribution in [1.82, 2.24) is 15.3 Å². The first kappa shape index (κ1) is 21.7. The normalized spacial score (nSPS) is 18.6. The van der Waals surface area contributed by atoms with Crippen LogP contribution in [0.1, 0.15) is 23.3 Å². The number of piperidine rings is 1. The number of nitrogens with zero attached hydrogens (tertiary/aromatic N) is 2. The molecule has 0 radical (unpaired) electrons. The highest BCUT2D eigenvalue weighted by Crippen LogP contribution is 2.31. The van der Waals surface area contributed by atoms with E-state index in [0.717, 1.165) is 38.1 Å². The number of rotatable bonds is 9. The van der Waals surface area contributed by atoms with Gasteiger partial charge in [-0.05, 0) is 43.8 Å². The van der Waals surface area contributed by atoms with Gasteiger partial charge in [0.15, 0.2) is 23.1 Å². The maximum absolute atomic E-state index is 13.6. The lowest BCUT2D eigenvalue weighted by Gasteiger charge is -2.32. The fourth-order valence-electron chi connectivity index (χ4n) is 3.46. The summed E-state index contributed by atoms with van der Waals surface area (Å²) in [6.07, 6.45) is 3.17. The van der Waals surface area contributed by atoms with Gasteiger partial charge in [0.1, 0.15) is 5.69 Å². The highest BCUT2D eigenvalue weighted by atomic mass is 19.2. The summed E-state index contributed by atoms with van der Waals surface area (Å²) < 4.78 is 37.8. The van der Waals surface area contributed by atoms with Crippen molar-refractivity contribution in [1.29, 1.82) is 0 Å². The van der Waals surface area contributed by atoms with Crippen LogP contribution in [-0.2, 0) is 0 Å². The molecule has 1 amide bonds. The fraction of sp³-hybridized carbons (Fsp3) is 0.450. The lowest BCUT2D eigenvalue weighted by atomic mass is 9.84. The molecular formula is C20H25F2N5O3. The van der Waals surface area contributed by atoms with Crippen LogP contribution >= 0.6 is 0 Å². The summed E-state index contributed by atoms with van der Waals surface area (Å²) >= 11 is 0. The number of amides is 1. The number of primary amides is 1. The van der Waals surface area contributed by atoms with Crippen LogP contribution in [0.15, 0.2) is 24.4 Å². The second-order valence-electron chi connectivity index (χ2n) is 7.09. The number of benzene rings is 1. The summed E-state index contributed by atoms with van der Waals surface area (Å²) in [5.41, 5.74) is 5.39. The first-order chi connectivity index (χ1) is 14.5. The van der Waals surface area contributed by atoms with Gasteiger partial charge in [0.2, 0.25) is 5.95 Å². The van der Waals surface area contributed by atoms with Gasteiger partial charge in [-0.3, -0.25) is 4.79 Å². The number of methoxy groups -OCH3 is 1. The number of hydrogen-bond acceptors (Lipinski definition) is 7. The van der Waals surface area contributed by atoms with Crippen molar-refractivity contribution in [2.24, 2.45) is 17.6 Å². The summed E-state index contributed by atoms with van der Waals surface area (Å²) in [5.74, 6) is -1.36. The number of halogens is 2. The van der Waals surface area contributed by atoms with Crippen molar-refractivity contribution in [2.45, 2.75) is 12.8 Å². The Morgan fingerprint density at radius 3 is 2.80 bits per heavy atom. The third-order valence-electron chi connectivity index (χ3n) is 5.13. The molecule has 1 fully saturated rings. The minimum atomic E-state index is -0.979. The van der Waals surface area contributed by atoms with Crippen molar-refractivity contribution in [3.8, 4) is 11.5 Å². The van der Waals surface area contributed by atoms with Crippen LogP contribution in [0.2, 0.25) is 0 Å². The third-order valence-corrected chi connectivity index (χ3v) is 5.13. The lowest BCUT2D eigenvalue weighted by Crippen LogP contribution is -2.40. The molecule has 0 aliphatic carbocycles. The first-order valence-corrected chi connectivity index (χ1v) is 9.71. The van der Waals surface area contributed by atoms with Crippen molar-refractivity contribution in [2.75, 3.05) is 38.7 Å². The third kappa shape index (κ3) is 5.53. The minimum absolute atomic E-state index is 0.151. The first-order valence-electron chi connectivity index (χ1n) is 9.71. The molecule has 1 aliphatic heterocycles. The molecular weight excluding hydrogens is 396 g/mol. The van der Waals surface area contributed by atoms with E-state index in [1.807, 2.05) is 0 Å². The van der Waals surface area contributed by atoms with Gasteiger partial charge in [0, 0.05) is 24.9 Å². The van der Waals surface area contributed by atoms with E-state index in [2.05, 4.69) is 20.6 Å². The Kier molecular flexibility index (Phi) is 7.34. The average Bonchev–Trinajstić information content (AvgIpc) is 2.75. The maximum atomic E-state index is 13.6. The predicted octanol–water partition coefficient (Wildman–Crippen LogP) is 1.97. The highest BCUT2D eigenvalue weighted by Gasteiger charge is 2.26. The van der Waals surface area contributed by atoms with Crippen LogP contribution in [0.4, 0.5) is 14.7 Å². The summed E-state index contributed by atoms with van der Waals surface area (Å²) in [6, 6.07) is 3.45. The Bertz CT molecular complexity index is 884. The fourth-order valence-corrected chi connectivity index (χ4v) is 3.46. The Morgan fingerprint density at radius 2 is 2.07 bits per heavy atom. The second kappa shape index (κ2) is 10.1. The summed E-state index contributed by atoms with van der Waals surface area (Å²) in [6.45, 7) is 2.63. The summed E-state index contributed by atoms with van der Waals surface area (Å²) in [4.78, 5) is 19.4. The number of carbonyl (C=O) groups excluding carboxylic acids is 1. The van der Waals surface area contributed by atoms with Crippen LogP contribution in [0, 0.1) is 23.5 Å². The van der Waals surface area contributed by atoms with E-state index in [1.54, 1.807) is 0 Å². The number of anilines is 1. The van der Waals surface area contributed by atoms with Crippen LogP contribution in [-0.4, -0.2) is 49.2 Å². The molecule has 2 heterocycles. The van der Waals surface area contributed by atoms with E-state index >= 15 is 0 Å². The van der Waals surface area contributed by atoms with E-state index < -0.39 is 17.5 Å². The predicted molar refractivity (Wildman–Crippen MR) is 107 cm³/mol. The summed E-state index contributed by atoms with van der Waals surface area (Å²) in [5, 5.41) is 6.47. The van der Waals surface area contributed by atoms with Gasteiger partial charge < -0.3 is 25.8 Å².